The molecule has 3 rings (SSSR count). The molecule has 0 amide bonds. The Bertz CT molecular complexity index is 743. The second-order valence-electron chi connectivity index (χ2n) is 4.36. The second-order valence-corrected chi connectivity index (χ2v) is 6.13. The Morgan fingerprint density at radius 2 is 1.90 bits per heavy atom. The summed E-state index contributed by atoms with van der Waals surface area (Å²) in [5.74, 6) is 0. The fourth-order valence-corrected chi connectivity index (χ4v) is 3.00. The van der Waals surface area contributed by atoms with Crippen molar-refractivity contribution in [3.05, 3.63) is 63.8 Å². The summed E-state index contributed by atoms with van der Waals surface area (Å²) in [6.07, 6.45) is 5.13. The summed E-state index contributed by atoms with van der Waals surface area (Å²) in [6.45, 7) is 0.638. The first-order valence-corrected chi connectivity index (χ1v) is 7.80. The van der Waals surface area contributed by atoms with Crippen molar-refractivity contribution in [2.75, 3.05) is 5.32 Å². The Hall–Kier alpha value is -1.73. The van der Waals surface area contributed by atoms with Crippen molar-refractivity contribution in [3.8, 4) is 5.69 Å². The van der Waals surface area contributed by atoms with Gasteiger partial charge in [0, 0.05) is 20.8 Å². The molecule has 0 atom stereocenters. The van der Waals surface area contributed by atoms with Crippen LogP contribution in [0.5, 0.6) is 0 Å². The molecule has 21 heavy (non-hydrogen) atoms. The third kappa shape index (κ3) is 3.48. The van der Waals surface area contributed by atoms with E-state index in [2.05, 4.69) is 52.4 Å². The lowest BCUT2D eigenvalue weighted by Crippen LogP contribution is -2.03. The summed E-state index contributed by atoms with van der Waals surface area (Å²) in [7, 11) is 0. The average molecular weight is 409 g/mol. The van der Waals surface area contributed by atoms with E-state index in [1.807, 2.05) is 34.9 Å². The molecule has 0 fully saturated rings. The third-order valence-electron chi connectivity index (χ3n) is 2.91. The number of hydrogen-bond donors (Lipinski definition) is 1. The summed E-state index contributed by atoms with van der Waals surface area (Å²) < 4.78 is 3.78. The van der Waals surface area contributed by atoms with Crippen molar-refractivity contribution in [1.29, 1.82) is 0 Å². The lowest BCUT2D eigenvalue weighted by Gasteiger charge is -2.09. The molecule has 3 aromatic rings. The number of aromatic nitrogens is 4. The van der Waals surface area contributed by atoms with Gasteiger partial charge in [0.2, 0.25) is 0 Å². The molecular weight excluding hydrogens is 398 g/mol. The molecule has 0 aliphatic carbocycles. The lowest BCUT2D eigenvalue weighted by molar-refractivity contribution is 1.02. The fourth-order valence-electron chi connectivity index (χ4n) is 1.87. The third-order valence-corrected chi connectivity index (χ3v) is 4.03. The van der Waals surface area contributed by atoms with Gasteiger partial charge in [0.25, 0.3) is 0 Å². The van der Waals surface area contributed by atoms with E-state index in [4.69, 9.17) is 0 Å². The van der Waals surface area contributed by atoms with E-state index in [1.54, 1.807) is 18.9 Å². The highest BCUT2D eigenvalue weighted by Gasteiger charge is 2.03. The quantitative estimate of drug-likeness (QED) is 0.713. The molecule has 106 valence electrons. The van der Waals surface area contributed by atoms with E-state index < -0.39 is 0 Å². The Morgan fingerprint density at radius 3 is 2.67 bits per heavy atom. The van der Waals surface area contributed by atoms with Gasteiger partial charge in [0.15, 0.2) is 0 Å². The van der Waals surface area contributed by atoms with Crippen molar-refractivity contribution in [2.45, 2.75) is 6.54 Å². The number of anilines is 1. The standard InChI is InChI=1S/C14H11Br2N5/c15-10-4-13(16)14(18-6-10)7-17-11-2-1-3-12(5-11)21-8-19-20-9-21/h1-6,8-9,17H,7H2. The summed E-state index contributed by atoms with van der Waals surface area (Å²) in [4.78, 5) is 4.38. The van der Waals surface area contributed by atoms with Gasteiger partial charge in [-0.25, -0.2) is 0 Å². The summed E-state index contributed by atoms with van der Waals surface area (Å²) in [5, 5.41) is 11.0. The average Bonchev–Trinajstić information content (AvgIpc) is 3.01. The van der Waals surface area contributed by atoms with E-state index in [9.17, 15) is 0 Å². The molecule has 0 saturated carbocycles. The van der Waals surface area contributed by atoms with E-state index in [1.165, 1.54) is 0 Å². The molecule has 0 unspecified atom stereocenters. The van der Waals surface area contributed by atoms with Crippen molar-refractivity contribution in [3.63, 3.8) is 0 Å². The number of rotatable bonds is 4. The number of nitrogens with one attached hydrogen (secondary N) is 1. The largest absolute Gasteiger partial charge is 0.379 e. The van der Waals surface area contributed by atoms with E-state index in [-0.39, 0.29) is 0 Å². The van der Waals surface area contributed by atoms with Crippen LogP contribution in [0.2, 0.25) is 0 Å². The van der Waals surface area contributed by atoms with Gasteiger partial charge >= 0.3 is 0 Å². The lowest BCUT2D eigenvalue weighted by atomic mass is 10.2. The molecule has 0 radical (unpaired) electrons. The molecule has 7 heteroatoms. The van der Waals surface area contributed by atoms with Crippen molar-refractivity contribution in [2.24, 2.45) is 0 Å². The maximum Gasteiger partial charge on any atom is 0.123 e. The Labute approximate surface area is 138 Å². The zero-order chi connectivity index (χ0) is 14.7. The normalized spacial score (nSPS) is 10.6. The Morgan fingerprint density at radius 1 is 1.10 bits per heavy atom. The Balaban J connectivity index is 1.75. The summed E-state index contributed by atoms with van der Waals surface area (Å²) in [6, 6.07) is 10.0. The minimum absolute atomic E-state index is 0.638. The molecule has 2 aromatic heterocycles. The van der Waals surface area contributed by atoms with Crippen LogP contribution < -0.4 is 5.32 Å². The van der Waals surface area contributed by atoms with E-state index in [0.29, 0.717) is 6.54 Å². The number of halogens is 2. The van der Waals surface area contributed by atoms with Gasteiger partial charge in [-0.1, -0.05) is 6.07 Å². The monoisotopic (exact) mass is 407 g/mol. The topological polar surface area (TPSA) is 55.6 Å². The molecule has 5 nitrogen and oxygen atoms in total. The van der Waals surface area contributed by atoms with Crippen LogP contribution >= 0.6 is 31.9 Å². The molecule has 1 aromatic carbocycles. The molecule has 1 N–H and O–H groups in total. The number of pyridine rings is 1. The van der Waals surface area contributed by atoms with Crippen LogP contribution in [-0.2, 0) is 6.54 Å². The van der Waals surface area contributed by atoms with Gasteiger partial charge in [-0.05, 0) is 56.1 Å². The maximum atomic E-state index is 4.38. The minimum atomic E-state index is 0.638. The zero-order valence-electron chi connectivity index (χ0n) is 10.9. The molecular formula is C14H11Br2N5. The molecule has 0 aliphatic heterocycles. The maximum absolute atomic E-state index is 4.38. The van der Waals surface area contributed by atoms with Gasteiger partial charge in [-0.15, -0.1) is 10.2 Å². The highest BCUT2D eigenvalue weighted by molar-refractivity contribution is 9.11. The summed E-state index contributed by atoms with van der Waals surface area (Å²) in [5.41, 5.74) is 2.97. The minimum Gasteiger partial charge on any atom is -0.379 e. The number of nitrogens with zero attached hydrogens (tertiary/aromatic N) is 4. The zero-order valence-corrected chi connectivity index (χ0v) is 14.0. The molecule has 2 heterocycles. The first-order chi connectivity index (χ1) is 10.2. The fraction of sp³-hybridized carbons (Fsp3) is 0.0714. The SMILES string of the molecule is Brc1cnc(CNc2cccc(-n3cnnc3)c2)c(Br)c1. The number of benzene rings is 1. The molecule has 0 bridgehead atoms. The van der Waals surface area contributed by atoms with Gasteiger partial charge in [0.05, 0.1) is 17.9 Å². The first-order valence-electron chi connectivity index (χ1n) is 6.21. The van der Waals surface area contributed by atoms with Gasteiger partial charge < -0.3 is 5.32 Å². The van der Waals surface area contributed by atoms with Crippen LogP contribution in [0.4, 0.5) is 5.69 Å². The van der Waals surface area contributed by atoms with Crippen LogP contribution in [0.3, 0.4) is 0 Å². The predicted molar refractivity (Wildman–Crippen MR) is 88.3 cm³/mol. The predicted octanol–water partition coefficient (Wildman–Crippen LogP) is 3.80. The van der Waals surface area contributed by atoms with Crippen LogP contribution in [0.1, 0.15) is 5.69 Å². The first kappa shape index (κ1) is 14.2. The van der Waals surface area contributed by atoms with E-state index >= 15 is 0 Å². The van der Waals surface area contributed by atoms with Gasteiger partial charge in [-0.3, -0.25) is 9.55 Å². The Kier molecular flexibility index (Phi) is 4.31. The second kappa shape index (κ2) is 6.36. The smallest absolute Gasteiger partial charge is 0.123 e. The number of hydrogen-bond acceptors (Lipinski definition) is 4. The van der Waals surface area contributed by atoms with E-state index in [0.717, 1.165) is 26.0 Å². The molecule has 0 aliphatic rings. The van der Waals surface area contributed by atoms with Gasteiger partial charge in [-0.2, -0.15) is 0 Å². The van der Waals surface area contributed by atoms with Crippen molar-refractivity contribution >= 4 is 37.5 Å². The molecule has 0 spiro atoms. The van der Waals surface area contributed by atoms with Crippen LogP contribution in [0.25, 0.3) is 5.69 Å². The van der Waals surface area contributed by atoms with Crippen LogP contribution in [0.15, 0.2) is 58.1 Å². The van der Waals surface area contributed by atoms with Crippen LogP contribution in [0, 0.1) is 0 Å². The highest BCUT2D eigenvalue weighted by atomic mass is 79.9. The highest BCUT2D eigenvalue weighted by Crippen LogP contribution is 2.21. The molecule has 0 saturated heterocycles. The van der Waals surface area contributed by atoms with Crippen molar-refractivity contribution in [1.82, 2.24) is 19.7 Å². The van der Waals surface area contributed by atoms with Gasteiger partial charge in [0.1, 0.15) is 12.7 Å². The van der Waals surface area contributed by atoms with Crippen molar-refractivity contribution < 1.29 is 0 Å². The summed E-state index contributed by atoms with van der Waals surface area (Å²) >= 11 is 6.91. The van der Waals surface area contributed by atoms with Crippen LogP contribution in [-0.4, -0.2) is 19.7 Å².